The highest BCUT2D eigenvalue weighted by molar-refractivity contribution is 5.60. The van der Waals surface area contributed by atoms with Gasteiger partial charge in [0.2, 0.25) is 0 Å². The van der Waals surface area contributed by atoms with Crippen LogP contribution in [0.25, 0.3) is 0 Å². The van der Waals surface area contributed by atoms with Gasteiger partial charge in [0.1, 0.15) is 11.5 Å². The van der Waals surface area contributed by atoms with Gasteiger partial charge in [-0.2, -0.15) is 0 Å². The molecule has 1 rings (SSSR count). The Bertz CT molecular complexity index is 589. The van der Waals surface area contributed by atoms with E-state index in [2.05, 4.69) is 16.9 Å². The summed E-state index contributed by atoms with van der Waals surface area (Å²) in [6.45, 7) is 9.42. The largest absolute Gasteiger partial charge is 0.383 e. The van der Waals surface area contributed by atoms with Gasteiger partial charge in [0, 0.05) is 13.1 Å². The minimum Gasteiger partial charge on any atom is -0.383 e. The van der Waals surface area contributed by atoms with E-state index in [-0.39, 0.29) is 11.5 Å². The molecule has 7 nitrogen and oxygen atoms in total. The Hall–Kier alpha value is -2.02. The van der Waals surface area contributed by atoms with E-state index in [4.69, 9.17) is 10.5 Å². The molecule has 0 atom stereocenters. The zero-order valence-corrected chi connectivity index (χ0v) is 12.7. The molecule has 1 aromatic heterocycles. The van der Waals surface area contributed by atoms with Gasteiger partial charge < -0.3 is 15.8 Å². The second-order valence-corrected chi connectivity index (χ2v) is 4.96. The molecule has 0 radical (unpaired) electrons. The standard InChI is InChI=1S/C14H24N4O3/c1-4-5-7-18-12(15)11(13(19)17-14(18)20)16-6-8-21-9-10(2)3/h16H,2,4-9,15H2,1,3H3,(H,17,19,20). The minimum atomic E-state index is -0.509. The Balaban J connectivity index is 2.75. The van der Waals surface area contributed by atoms with Crippen molar-refractivity contribution in [2.75, 3.05) is 30.8 Å². The van der Waals surface area contributed by atoms with E-state index in [0.717, 1.165) is 18.4 Å². The molecule has 118 valence electrons. The number of ether oxygens (including phenoxy) is 1. The van der Waals surface area contributed by atoms with Crippen LogP contribution in [0.2, 0.25) is 0 Å². The third kappa shape index (κ3) is 5.11. The van der Waals surface area contributed by atoms with Gasteiger partial charge in [0.15, 0.2) is 0 Å². The van der Waals surface area contributed by atoms with E-state index in [0.29, 0.717) is 26.3 Å². The number of unbranched alkanes of at least 4 members (excludes halogenated alkanes) is 1. The van der Waals surface area contributed by atoms with Gasteiger partial charge in [-0.1, -0.05) is 25.5 Å². The third-order valence-corrected chi connectivity index (χ3v) is 2.87. The molecule has 0 bridgehead atoms. The molecule has 0 unspecified atom stereocenters. The maximum Gasteiger partial charge on any atom is 0.330 e. The van der Waals surface area contributed by atoms with Gasteiger partial charge in [0.05, 0.1) is 13.2 Å². The Morgan fingerprint density at radius 1 is 1.48 bits per heavy atom. The molecule has 0 aliphatic carbocycles. The summed E-state index contributed by atoms with van der Waals surface area (Å²) in [4.78, 5) is 25.8. The fourth-order valence-corrected chi connectivity index (χ4v) is 1.79. The Morgan fingerprint density at radius 3 is 2.81 bits per heavy atom. The van der Waals surface area contributed by atoms with Crippen LogP contribution in [0.15, 0.2) is 21.7 Å². The van der Waals surface area contributed by atoms with Gasteiger partial charge >= 0.3 is 5.69 Å². The van der Waals surface area contributed by atoms with Crippen LogP contribution in [-0.2, 0) is 11.3 Å². The van der Waals surface area contributed by atoms with Gasteiger partial charge in [0.25, 0.3) is 5.56 Å². The normalized spacial score (nSPS) is 10.6. The van der Waals surface area contributed by atoms with Gasteiger partial charge in [-0.05, 0) is 13.3 Å². The maximum absolute atomic E-state index is 11.8. The molecule has 4 N–H and O–H groups in total. The van der Waals surface area contributed by atoms with Crippen LogP contribution in [0.5, 0.6) is 0 Å². The van der Waals surface area contributed by atoms with E-state index >= 15 is 0 Å². The van der Waals surface area contributed by atoms with Crippen molar-refractivity contribution >= 4 is 11.5 Å². The summed E-state index contributed by atoms with van der Waals surface area (Å²) in [5.74, 6) is 0.164. The molecule has 0 saturated carbocycles. The lowest BCUT2D eigenvalue weighted by molar-refractivity contribution is 0.167. The number of nitrogen functional groups attached to an aromatic ring is 1. The molecule has 0 saturated heterocycles. The molecule has 0 fully saturated rings. The molecule has 21 heavy (non-hydrogen) atoms. The van der Waals surface area contributed by atoms with E-state index in [9.17, 15) is 9.59 Å². The lowest BCUT2D eigenvalue weighted by Gasteiger charge is -2.13. The van der Waals surface area contributed by atoms with Crippen LogP contribution >= 0.6 is 0 Å². The Labute approximate surface area is 123 Å². The monoisotopic (exact) mass is 296 g/mol. The predicted octanol–water partition coefficient (Wildman–Crippen LogP) is 0.923. The molecular weight excluding hydrogens is 272 g/mol. The average Bonchev–Trinajstić information content (AvgIpc) is 2.41. The summed E-state index contributed by atoms with van der Waals surface area (Å²) >= 11 is 0. The first-order chi connectivity index (χ1) is 9.97. The first kappa shape index (κ1) is 17.0. The second kappa shape index (κ2) is 8.31. The molecule has 1 heterocycles. The molecule has 0 aliphatic rings. The van der Waals surface area contributed by atoms with Crippen LogP contribution in [-0.4, -0.2) is 29.3 Å². The van der Waals surface area contributed by atoms with Crippen LogP contribution in [0, 0.1) is 0 Å². The van der Waals surface area contributed by atoms with Crippen LogP contribution in [0.3, 0.4) is 0 Å². The SMILES string of the molecule is C=C(C)COCCNc1c(N)n(CCCC)c(=O)[nH]c1=O. The van der Waals surface area contributed by atoms with Crippen molar-refractivity contribution in [3.63, 3.8) is 0 Å². The van der Waals surface area contributed by atoms with Crippen molar-refractivity contribution in [2.45, 2.75) is 33.2 Å². The topological polar surface area (TPSA) is 102 Å². The number of anilines is 2. The number of H-pyrrole nitrogens is 1. The number of nitrogens with one attached hydrogen (secondary N) is 2. The maximum atomic E-state index is 11.8. The predicted molar refractivity (Wildman–Crippen MR) is 84.8 cm³/mol. The minimum absolute atomic E-state index is 0.164. The first-order valence-corrected chi connectivity index (χ1v) is 7.06. The van der Waals surface area contributed by atoms with Gasteiger partial charge in [-0.15, -0.1) is 0 Å². The van der Waals surface area contributed by atoms with E-state index in [1.807, 2.05) is 13.8 Å². The smallest absolute Gasteiger partial charge is 0.330 e. The highest BCUT2D eigenvalue weighted by atomic mass is 16.5. The number of nitrogens with zero attached hydrogens (tertiary/aromatic N) is 1. The highest BCUT2D eigenvalue weighted by Crippen LogP contribution is 2.10. The number of aromatic nitrogens is 2. The molecular formula is C14H24N4O3. The number of aromatic amines is 1. The summed E-state index contributed by atoms with van der Waals surface area (Å²) in [7, 11) is 0. The highest BCUT2D eigenvalue weighted by Gasteiger charge is 2.11. The third-order valence-electron chi connectivity index (χ3n) is 2.87. The van der Waals surface area contributed by atoms with Crippen molar-refractivity contribution in [1.82, 2.24) is 9.55 Å². The molecule has 0 spiro atoms. The Kier molecular flexibility index (Phi) is 6.74. The molecule has 0 aromatic carbocycles. The number of hydrogen-bond acceptors (Lipinski definition) is 5. The number of nitrogens with two attached hydrogens (primary N) is 1. The summed E-state index contributed by atoms with van der Waals surface area (Å²) in [5, 5.41) is 2.92. The van der Waals surface area contributed by atoms with Crippen LogP contribution in [0.1, 0.15) is 26.7 Å². The quantitative estimate of drug-likeness (QED) is 0.464. The molecule has 7 heteroatoms. The van der Waals surface area contributed by atoms with Crippen molar-refractivity contribution in [3.05, 3.63) is 33.0 Å². The van der Waals surface area contributed by atoms with E-state index in [1.165, 1.54) is 4.57 Å². The molecule has 0 aliphatic heterocycles. The van der Waals surface area contributed by atoms with Crippen LogP contribution in [0.4, 0.5) is 11.5 Å². The molecule has 0 amide bonds. The Morgan fingerprint density at radius 2 is 2.19 bits per heavy atom. The zero-order valence-electron chi connectivity index (χ0n) is 12.7. The lowest BCUT2D eigenvalue weighted by Crippen LogP contribution is -2.34. The lowest BCUT2D eigenvalue weighted by atomic mass is 10.3. The van der Waals surface area contributed by atoms with Crippen LogP contribution < -0.4 is 22.3 Å². The number of rotatable bonds is 9. The van der Waals surface area contributed by atoms with Crippen molar-refractivity contribution in [3.8, 4) is 0 Å². The number of hydrogen-bond donors (Lipinski definition) is 3. The van der Waals surface area contributed by atoms with Gasteiger partial charge in [-0.25, -0.2) is 4.79 Å². The fourth-order valence-electron chi connectivity index (χ4n) is 1.79. The van der Waals surface area contributed by atoms with E-state index in [1.54, 1.807) is 0 Å². The molecule has 1 aromatic rings. The zero-order chi connectivity index (χ0) is 15.8. The van der Waals surface area contributed by atoms with Crippen molar-refractivity contribution in [2.24, 2.45) is 0 Å². The summed E-state index contributed by atoms with van der Waals surface area (Å²) < 4.78 is 6.71. The van der Waals surface area contributed by atoms with Gasteiger partial charge in [-0.3, -0.25) is 14.3 Å². The van der Waals surface area contributed by atoms with Crippen molar-refractivity contribution in [1.29, 1.82) is 0 Å². The fraction of sp³-hybridized carbons (Fsp3) is 0.571. The summed E-state index contributed by atoms with van der Waals surface area (Å²) in [6, 6.07) is 0. The summed E-state index contributed by atoms with van der Waals surface area (Å²) in [6.07, 6.45) is 1.75. The average molecular weight is 296 g/mol. The second-order valence-electron chi connectivity index (χ2n) is 4.96. The summed E-state index contributed by atoms with van der Waals surface area (Å²) in [5.41, 5.74) is 6.07. The van der Waals surface area contributed by atoms with E-state index < -0.39 is 11.2 Å². The van der Waals surface area contributed by atoms with Crippen molar-refractivity contribution < 1.29 is 4.74 Å². The first-order valence-electron chi connectivity index (χ1n) is 7.06.